The standard InChI is InChI=1S/C14H20FN3O2/c1-10(2)14(19)18-6-4-17(5-7-18)13-12(20-3)8-11(15)9-16-13/h8-10H,4-7H2,1-3H3. The molecule has 5 nitrogen and oxygen atoms in total. The molecule has 1 aliphatic heterocycles. The van der Waals surface area contributed by atoms with Crippen LogP contribution in [0, 0.1) is 11.7 Å². The van der Waals surface area contributed by atoms with E-state index in [1.807, 2.05) is 23.6 Å². The Morgan fingerprint density at radius 1 is 1.35 bits per heavy atom. The highest BCUT2D eigenvalue weighted by Crippen LogP contribution is 2.27. The van der Waals surface area contributed by atoms with E-state index in [0.717, 1.165) is 0 Å². The van der Waals surface area contributed by atoms with E-state index in [4.69, 9.17) is 4.74 Å². The van der Waals surface area contributed by atoms with Crippen molar-refractivity contribution >= 4 is 11.7 Å². The van der Waals surface area contributed by atoms with Crippen LogP contribution in [0.15, 0.2) is 12.3 Å². The van der Waals surface area contributed by atoms with Crippen molar-refractivity contribution in [2.75, 3.05) is 38.2 Å². The van der Waals surface area contributed by atoms with Gasteiger partial charge in [0.2, 0.25) is 5.91 Å². The van der Waals surface area contributed by atoms with Gasteiger partial charge in [0.1, 0.15) is 5.82 Å². The maximum atomic E-state index is 13.1. The van der Waals surface area contributed by atoms with Gasteiger partial charge in [-0.25, -0.2) is 9.37 Å². The van der Waals surface area contributed by atoms with Crippen molar-refractivity contribution in [3.8, 4) is 5.75 Å². The molecule has 0 N–H and O–H groups in total. The summed E-state index contributed by atoms with van der Waals surface area (Å²) < 4.78 is 18.3. The van der Waals surface area contributed by atoms with Crippen LogP contribution in [0.1, 0.15) is 13.8 Å². The summed E-state index contributed by atoms with van der Waals surface area (Å²) in [6, 6.07) is 1.33. The minimum absolute atomic E-state index is 0.0139. The first-order valence-electron chi connectivity index (χ1n) is 6.76. The summed E-state index contributed by atoms with van der Waals surface area (Å²) in [5.41, 5.74) is 0. The molecule has 110 valence electrons. The van der Waals surface area contributed by atoms with Gasteiger partial charge in [0.15, 0.2) is 11.6 Å². The zero-order valence-corrected chi connectivity index (χ0v) is 12.1. The molecule has 1 aromatic rings. The molecular formula is C14H20FN3O2. The van der Waals surface area contributed by atoms with Crippen molar-refractivity contribution in [1.82, 2.24) is 9.88 Å². The normalized spacial score (nSPS) is 15.7. The van der Waals surface area contributed by atoms with Crippen LogP contribution in [-0.2, 0) is 4.79 Å². The fraction of sp³-hybridized carbons (Fsp3) is 0.571. The van der Waals surface area contributed by atoms with E-state index in [0.29, 0.717) is 37.7 Å². The number of methoxy groups -OCH3 is 1. The summed E-state index contributed by atoms with van der Waals surface area (Å²) >= 11 is 0. The van der Waals surface area contributed by atoms with E-state index < -0.39 is 5.82 Å². The molecule has 20 heavy (non-hydrogen) atoms. The number of hydrogen-bond acceptors (Lipinski definition) is 4. The van der Waals surface area contributed by atoms with Crippen molar-refractivity contribution in [3.63, 3.8) is 0 Å². The lowest BCUT2D eigenvalue weighted by Gasteiger charge is -2.36. The molecule has 1 saturated heterocycles. The first-order chi connectivity index (χ1) is 9.52. The van der Waals surface area contributed by atoms with Gasteiger partial charge in [0.25, 0.3) is 0 Å². The Morgan fingerprint density at radius 2 is 2.00 bits per heavy atom. The zero-order chi connectivity index (χ0) is 14.7. The van der Waals surface area contributed by atoms with Crippen LogP contribution in [0.5, 0.6) is 5.75 Å². The van der Waals surface area contributed by atoms with E-state index in [1.165, 1.54) is 19.4 Å². The van der Waals surface area contributed by atoms with Crippen LogP contribution in [-0.4, -0.2) is 49.1 Å². The molecule has 2 heterocycles. The minimum atomic E-state index is -0.417. The molecular weight excluding hydrogens is 261 g/mol. The van der Waals surface area contributed by atoms with Gasteiger partial charge < -0.3 is 14.5 Å². The molecule has 0 aliphatic carbocycles. The van der Waals surface area contributed by atoms with Crippen LogP contribution in [0.4, 0.5) is 10.2 Å². The Bertz CT molecular complexity index is 485. The number of ether oxygens (including phenoxy) is 1. The third-order valence-electron chi connectivity index (χ3n) is 3.40. The lowest BCUT2D eigenvalue weighted by atomic mass is 10.1. The molecule has 1 aromatic heterocycles. The number of amides is 1. The predicted molar refractivity (Wildman–Crippen MR) is 74.4 cm³/mol. The first kappa shape index (κ1) is 14.6. The van der Waals surface area contributed by atoms with Crippen molar-refractivity contribution in [2.24, 2.45) is 5.92 Å². The van der Waals surface area contributed by atoms with E-state index in [9.17, 15) is 9.18 Å². The number of pyridine rings is 1. The summed E-state index contributed by atoms with van der Waals surface area (Å²) in [6.45, 7) is 6.46. The molecule has 2 rings (SSSR count). The lowest BCUT2D eigenvalue weighted by molar-refractivity contribution is -0.134. The van der Waals surface area contributed by atoms with Crippen LogP contribution < -0.4 is 9.64 Å². The Morgan fingerprint density at radius 3 is 2.55 bits per heavy atom. The second-order valence-corrected chi connectivity index (χ2v) is 5.15. The Kier molecular flexibility index (Phi) is 4.42. The molecule has 0 atom stereocenters. The molecule has 0 aromatic carbocycles. The molecule has 0 spiro atoms. The van der Waals surface area contributed by atoms with Gasteiger partial charge in [0.05, 0.1) is 13.3 Å². The molecule has 0 unspecified atom stereocenters. The smallest absolute Gasteiger partial charge is 0.225 e. The largest absolute Gasteiger partial charge is 0.493 e. The van der Waals surface area contributed by atoms with E-state index >= 15 is 0 Å². The minimum Gasteiger partial charge on any atom is -0.493 e. The number of carbonyl (C=O) groups excluding carboxylic acids is 1. The van der Waals surface area contributed by atoms with Crippen molar-refractivity contribution in [2.45, 2.75) is 13.8 Å². The fourth-order valence-electron chi connectivity index (χ4n) is 2.30. The zero-order valence-electron chi connectivity index (χ0n) is 12.1. The highest BCUT2D eigenvalue weighted by molar-refractivity contribution is 5.78. The van der Waals surface area contributed by atoms with Crippen LogP contribution >= 0.6 is 0 Å². The van der Waals surface area contributed by atoms with Crippen LogP contribution in [0.25, 0.3) is 0 Å². The number of carbonyl (C=O) groups is 1. The Hall–Kier alpha value is -1.85. The number of nitrogens with zero attached hydrogens (tertiary/aromatic N) is 3. The highest BCUT2D eigenvalue weighted by Gasteiger charge is 2.25. The number of aromatic nitrogens is 1. The topological polar surface area (TPSA) is 45.7 Å². The van der Waals surface area contributed by atoms with Gasteiger partial charge in [-0.2, -0.15) is 0 Å². The highest BCUT2D eigenvalue weighted by atomic mass is 19.1. The average Bonchev–Trinajstić information content (AvgIpc) is 2.46. The van der Waals surface area contributed by atoms with Crippen LogP contribution in [0.3, 0.4) is 0 Å². The summed E-state index contributed by atoms with van der Waals surface area (Å²) in [5.74, 6) is 0.821. The summed E-state index contributed by atoms with van der Waals surface area (Å²) in [6.07, 6.45) is 1.18. The van der Waals surface area contributed by atoms with Gasteiger partial charge in [-0.1, -0.05) is 13.8 Å². The monoisotopic (exact) mass is 281 g/mol. The van der Waals surface area contributed by atoms with Gasteiger partial charge >= 0.3 is 0 Å². The molecule has 0 radical (unpaired) electrons. The van der Waals surface area contributed by atoms with Crippen molar-refractivity contribution in [1.29, 1.82) is 0 Å². The number of halogens is 1. The SMILES string of the molecule is COc1cc(F)cnc1N1CCN(C(=O)C(C)C)CC1. The molecule has 0 bridgehead atoms. The third-order valence-corrected chi connectivity index (χ3v) is 3.40. The van der Waals surface area contributed by atoms with Crippen LogP contribution in [0.2, 0.25) is 0 Å². The van der Waals surface area contributed by atoms with Crippen molar-refractivity contribution in [3.05, 3.63) is 18.1 Å². The quantitative estimate of drug-likeness (QED) is 0.843. The average molecular weight is 281 g/mol. The molecule has 1 fully saturated rings. The van der Waals surface area contributed by atoms with E-state index in [2.05, 4.69) is 4.98 Å². The molecule has 0 saturated carbocycles. The van der Waals surface area contributed by atoms with E-state index in [-0.39, 0.29) is 11.8 Å². The maximum absolute atomic E-state index is 13.1. The Labute approximate surface area is 118 Å². The first-order valence-corrected chi connectivity index (χ1v) is 6.76. The van der Waals surface area contributed by atoms with Gasteiger partial charge in [-0.05, 0) is 0 Å². The lowest BCUT2D eigenvalue weighted by Crippen LogP contribution is -2.50. The number of anilines is 1. The van der Waals surface area contributed by atoms with Gasteiger partial charge in [-0.15, -0.1) is 0 Å². The third kappa shape index (κ3) is 3.00. The summed E-state index contributed by atoms with van der Waals surface area (Å²) in [7, 11) is 1.50. The second kappa shape index (κ2) is 6.07. The summed E-state index contributed by atoms with van der Waals surface area (Å²) in [4.78, 5) is 19.9. The van der Waals surface area contributed by atoms with Gasteiger partial charge in [0, 0.05) is 38.2 Å². The molecule has 6 heteroatoms. The molecule has 1 amide bonds. The summed E-state index contributed by atoms with van der Waals surface area (Å²) in [5, 5.41) is 0. The maximum Gasteiger partial charge on any atom is 0.225 e. The number of hydrogen-bond donors (Lipinski definition) is 0. The number of piperazine rings is 1. The fourth-order valence-corrected chi connectivity index (χ4v) is 2.30. The molecule has 1 aliphatic rings. The predicted octanol–water partition coefficient (Wildman–Crippen LogP) is 1.53. The van der Waals surface area contributed by atoms with E-state index in [1.54, 1.807) is 0 Å². The van der Waals surface area contributed by atoms with Crippen molar-refractivity contribution < 1.29 is 13.9 Å². The Balaban J connectivity index is 2.06. The van der Waals surface area contributed by atoms with Gasteiger partial charge in [-0.3, -0.25) is 4.79 Å². The number of rotatable bonds is 3. The second-order valence-electron chi connectivity index (χ2n) is 5.15.